The van der Waals surface area contributed by atoms with Crippen molar-refractivity contribution < 1.29 is 9.59 Å². The van der Waals surface area contributed by atoms with E-state index in [-0.39, 0.29) is 11.6 Å². The summed E-state index contributed by atoms with van der Waals surface area (Å²) in [4.78, 5) is 26.8. The molecular weight excluding hydrogens is 613 g/mol. The van der Waals surface area contributed by atoms with E-state index in [0.29, 0.717) is 19.3 Å². The van der Waals surface area contributed by atoms with Crippen LogP contribution >= 0.6 is 0 Å². The van der Waals surface area contributed by atoms with Gasteiger partial charge >= 0.3 is 0 Å². The molecule has 4 nitrogen and oxygen atoms in total. The summed E-state index contributed by atoms with van der Waals surface area (Å²) in [5, 5.41) is 0. The minimum Gasteiger partial charge on any atom is -0.307 e. The van der Waals surface area contributed by atoms with Crippen molar-refractivity contribution in [1.29, 1.82) is 0 Å². The molecule has 0 aromatic carbocycles. The lowest BCUT2D eigenvalue weighted by atomic mass is 9.79. The van der Waals surface area contributed by atoms with Gasteiger partial charge in [-0.05, 0) is 19.3 Å². The zero-order valence-electron chi connectivity index (χ0n) is 34.6. The van der Waals surface area contributed by atoms with E-state index in [1.165, 1.54) is 193 Å². The molecule has 0 fully saturated rings. The second-order valence-corrected chi connectivity index (χ2v) is 16.3. The van der Waals surface area contributed by atoms with Crippen LogP contribution in [-0.4, -0.2) is 17.2 Å². The van der Waals surface area contributed by atoms with E-state index in [9.17, 15) is 9.59 Å². The van der Waals surface area contributed by atoms with Crippen LogP contribution in [0.4, 0.5) is 0 Å². The summed E-state index contributed by atoms with van der Waals surface area (Å²) in [7, 11) is 0. The lowest BCUT2D eigenvalue weighted by molar-refractivity contribution is -0.134. The summed E-state index contributed by atoms with van der Waals surface area (Å²) >= 11 is 0. The molecule has 0 saturated carbocycles. The molecule has 0 aliphatic heterocycles. The summed E-state index contributed by atoms with van der Waals surface area (Å²) in [6.07, 6.45) is 47.6. The number of carbonyl (C=O) groups excluding carboxylic acids is 2. The molecule has 4 N–H and O–H groups in total. The fourth-order valence-corrected chi connectivity index (χ4v) is 7.71. The molecule has 0 saturated heterocycles. The van der Waals surface area contributed by atoms with Gasteiger partial charge in [-0.1, -0.05) is 239 Å². The Labute approximate surface area is 314 Å². The Morgan fingerprint density at radius 1 is 0.360 bits per heavy atom. The molecule has 0 heterocycles. The second kappa shape index (κ2) is 38.0. The van der Waals surface area contributed by atoms with Gasteiger partial charge in [0.2, 0.25) is 0 Å². The predicted molar refractivity (Wildman–Crippen MR) is 222 cm³/mol. The molecule has 0 aliphatic rings. The Morgan fingerprint density at radius 3 is 0.900 bits per heavy atom. The molecule has 0 rings (SSSR count). The average Bonchev–Trinajstić information content (AvgIpc) is 3.10. The quantitative estimate of drug-likeness (QED) is 0.0489. The van der Waals surface area contributed by atoms with Crippen LogP contribution in [0.1, 0.15) is 271 Å². The standard InChI is InChI=1S/C46H92N2O2/c1-4-7-10-13-16-18-20-22-24-26-28-30-32-35-38-41-44(49)43(40-37-34-15-12-9-6-3)46(47,48)45(50)42-39-36-33-31-29-27-25-23-21-19-17-14-11-8-5-2/h43H,4-42,47-48H2,1-3H3. The Bertz CT molecular complexity index is 721. The van der Waals surface area contributed by atoms with E-state index < -0.39 is 11.6 Å². The molecule has 0 radical (unpaired) electrons. The second-order valence-electron chi connectivity index (χ2n) is 16.3. The third kappa shape index (κ3) is 30.8. The van der Waals surface area contributed by atoms with Crippen LogP contribution in [0, 0.1) is 5.92 Å². The fraction of sp³-hybridized carbons (Fsp3) is 0.957. The number of hydrogen-bond acceptors (Lipinski definition) is 4. The van der Waals surface area contributed by atoms with Gasteiger partial charge in [0, 0.05) is 12.8 Å². The number of hydrogen-bond donors (Lipinski definition) is 2. The van der Waals surface area contributed by atoms with Gasteiger partial charge in [-0.2, -0.15) is 0 Å². The van der Waals surface area contributed by atoms with E-state index in [1.54, 1.807) is 0 Å². The Morgan fingerprint density at radius 2 is 0.600 bits per heavy atom. The molecule has 298 valence electrons. The maximum absolute atomic E-state index is 13.5. The Kier molecular flexibility index (Phi) is 37.4. The molecule has 4 heteroatoms. The zero-order valence-corrected chi connectivity index (χ0v) is 34.6. The minimum absolute atomic E-state index is 0.104. The van der Waals surface area contributed by atoms with Crippen molar-refractivity contribution in [3.63, 3.8) is 0 Å². The first kappa shape index (κ1) is 49.3. The SMILES string of the molecule is CCCCCCCCCCCCCCCCCC(=O)C(CCCCCCCC)C(N)(N)C(=O)CCCCCCCCCCCCCCCCC. The summed E-state index contributed by atoms with van der Waals surface area (Å²) in [5.41, 5.74) is 11.7. The number of Topliss-reactive ketones (excluding diaryl/α,β-unsaturated/α-hetero) is 2. The van der Waals surface area contributed by atoms with Crippen LogP contribution in [0.2, 0.25) is 0 Å². The van der Waals surface area contributed by atoms with E-state index in [1.807, 2.05) is 0 Å². The molecule has 0 aromatic rings. The normalized spacial score (nSPS) is 12.5. The third-order valence-electron chi connectivity index (χ3n) is 11.3. The highest BCUT2D eigenvalue weighted by atomic mass is 16.1. The highest BCUT2D eigenvalue weighted by Crippen LogP contribution is 2.25. The lowest BCUT2D eigenvalue weighted by Gasteiger charge is -2.32. The smallest absolute Gasteiger partial charge is 0.167 e. The highest BCUT2D eigenvalue weighted by Gasteiger charge is 2.40. The first-order valence-electron chi connectivity index (χ1n) is 23.0. The van der Waals surface area contributed by atoms with Gasteiger partial charge in [-0.3, -0.25) is 9.59 Å². The van der Waals surface area contributed by atoms with Gasteiger partial charge in [0.25, 0.3) is 0 Å². The van der Waals surface area contributed by atoms with Gasteiger partial charge in [0.05, 0.1) is 5.92 Å². The maximum atomic E-state index is 13.5. The molecule has 0 aliphatic carbocycles. The molecule has 1 unspecified atom stereocenters. The van der Waals surface area contributed by atoms with E-state index in [0.717, 1.165) is 38.5 Å². The third-order valence-corrected chi connectivity index (χ3v) is 11.3. The van der Waals surface area contributed by atoms with Crippen molar-refractivity contribution in [2.75, 3.05) is 0 Å². The van der Waals surface area contributed by atoms with Crippen LogP contribution in [0.3, 0.4) is 0 Å². The van der Waals surface area contributed by atoms with Crippen LogP contribution in [0.25, 0.3) is 0 Å². The van der Waals surface area contributed by atoms with E-state index in [2.05, 4.69) is 20.8 Å². The first-order valence-corrected chi connectivity index (χ1v) is 23.0. The predicted octanol–water partition coefficient (Wildman–Crippen LogP) is 14.6. The first-order chi connectivity index (χ1) is 24.4. The molecular formula is C46H92N2O2. The van der Waals surface area contributed by atoms with E-state index in [4.69, 9.17) is 11.5 Å². The molecule has 0 spiro atoms. The summed E-state index contributed by atoms with van der Waals surface area (Å²) in [5.74, 6) is -0.514. The number of carbonyl (C=O) groups is 2. The summed E-state index contributed by atoms with van der Waals surface area (Å²) < 4.78 is 0. The monoisotopic (exact) mass is 705 g/mol. The van der Waals surface area contributed by atoms with E-state index >= 15 is 0 Å². The van der Waals surface area contributed by atoms with Crippen molar-refractivity contribution in [3.05, 3.63) is 0 Å². The molecule has 0 aromatic heterocycles. The number of unbranched alkanes of at least 4 members (excludes halogenated alkanes) is 33. The van der Waals surface area contributed by atoms with Crippen LogP contribution in [-0.2, 0) is 9.59 Å². The number of rotatable bonds is 42. The fourth-order valence-electron chi connectivity index (χ4n) is 7.71. The van der Waals surface area contributed by atoms with Gasteiger partial charge < -0.3 is 11.5 Å². The van der Waals surface area contributed by atoms with Crippen molar-refractivity contribution >= 4 is 11.6 Å². The molecule has 50 heavy (non-hydrogen) atoms. The van der Waals surface area contributed by atoms with Crippen molar-refractivity contribution in [2.24, 2.45) is 17.4 Å². The van der Waals surface area contributed by atoms with Gasteiger partial charge in [-0.25, -0.2) is 0 Å². The topological polar surface area (TPSA) is 86.2 Å². The van der Waals surface area contributed by atoms with Crippen LogP contribution in [0.15, 0.2) is 0 Å². The Hall–Kier alpha value is -0.740. The summed E-state index contributed by atoms with van der Waals surface area (Å²) in [6, 6.07) is 0. The minimum atomic E-state index is -1.52. The highest BCUT2D eigenvalue weighted by molar-refractivity contribution is 5.95. The average molecular weight is 705 g/mol. The Balaban J connectivity index is 4.28. The molecule has 1 atom stereocenters. The zero-order chi connectivity index (χ0) is 36.8. The number of nitrogens with two attached hydrogens (primary N) is 2. The number of ketones is 2. The lowest BCUT2D eigenvalue weighted by Crippen LogP contribution is -2.63. The molecule has 0 bridgehead atoms. The van der Waals surface area contributed by atoms with Crippen molar-refractivity contribution in [3.8, 4) is 0 Å². The van der Waals surface area contributed by atoms with Crippen molar-refractivity contribution in [2.45, 2.75) is 277 Å². The van der Waals surface area contributed by atoms with Gasteiger partial charge in [0.15, 0.2) is 5.78 Å². The van der Waals surface area contributed by atoms with Crippen molar-refractivity contribution in [1.82, 2.24) is 0 Å². The van der Waals surface area contributed by atoms with Gasteiger partial charge in [0.1, 0.15) is 11.4 Å². The summed E-state index contributed by atoms with van der Waals surface area (Å²) in [6.45, 7) is 6.79. The van der Waals surface area contributed by atoms with Gasteiger partial charge in [-0.15, -0.1) is 0 Å². The largest absolute Gasteiger partial charge is 0.307 e. The maximum Gasteiger partial charge on any atom is 0.167 e. The molecule has 0 amide bonds. The van der Waals surface area contributed by atoms with Crippen LogP contribution < -0.4 is 11.5 Å². The van der Waals surface area contributed by atoms with Crippen LogP contribution in [0.5, 0.6) is 0 Å².